The summed E-state index contributed by atoms with van der Waals surface area (Å²) in [5, 5.41) is 28.2. The molecule has 2 rings (SSSR count). The number of aromatic hydroxyl groups is 1. The van der Waals surface area contributed by atoms with E-state index in [2.05, 4.69) is 0 Å². The second kappa shape index (κ2) is 3.79. The highest BCUT2D eigenvalue weighted by Crippen LogP contribution is 2.47. The first-order valence-electron chi connectivity index (χ1n) is 5.27. The van der Waals surface area contributed by atoms with Crippen molar-refractivity contribution in [3.05, 3.63) is 29.3 Å². The second-order valence-corrected chi connectivity index (χ2v) is 4.21. The van der Waals surface area contributed by atoms with Gasteiger partial charge in [-0.05, 0) is 12.8 Å². The average Bonchev–Trinajstić information content (AvgIpc) is 2.18. The normalized spacial score (nSPS) is 17.8. The van der Waals surface area contributed by atoms with Gasteiger partial charge in [0.2, 0.25) is 0 Å². The lowest BCUT2D eigenvalue weighted by molar-refractivity contribution is -0.147. The zero-order valence-corrected chi connectivity index (χ0v) is 8.81. The third-order valence-electron chi connectivity index (χ3n) is 3.42. The molecule has 0 amide bonds. The standard InChI is InChI=1S/C12H14O4/c13-7-8-3-1-4-9(10(8)14)12(11(15)16)5-2-6-12/h1,3-4,13-14H,2,5-7H2,(H,15,16). The topological polar surface area (TPSA) is 77.8 Å². The van der Waals surface area contributed by atoms with E-state index in [4.69, 9.17) is 5.11 Å². The Morgan fingerprint density at radius 3 is 2.50 bits per heavy atom. The fraction of sp³-hybridized carbons (Fsp3) is 0.417. The first kappa shape index (κ1) is 11.0. The van der Waals surface area contributed by atoms with Gasteiger partial charge in [0.15, 0.2) is 0 Å². The highest BCUT2D eigenvalue weighted by atomic mass is 16.4. The quantitative estimate of drug-likeness (QED) is 0.722. The number of hydrogen-bond acceptors (Lipinski definition) is 3. The van der Waals surface area contributed by atoms with Crippen LogP contribution < -0.4 is 0 Å². The van der Waals surface area contributed by atoms with Gasteiger partial charge >= 0.3 is 5.97 Å². The Morgan fingerprint density at radius 1 is 1.38 bits per heavy atom. The van der Waals surface area contributed by atoms with Gasteiger partial charge in [0.05, 0.1) is 12.0 Å². The van der Waals surface area contributed by atoms with Gasteiger partial charge in [0.25, 0.3) is 0 Å². The summed E-state index contributed by atoms with van der Waals surface area (Å²) in [7, 11) is 0. The Labute approximate surface area is 93.2 Å². The van der Waals surface area contributed by atoms with Gasteiger partial charge in [-0.15, -0.1) is 0 Å². The number of aliphatic carboxylic acids is 1. The van der Waals surface area contributed by atoms with E-state index < -0.39 is 11.4 Å². The zero-order chi connectivity index (χ0) is 11.8. The van der Waals surface area contributed by atoms with Gasteiger partial charge in [-0.25, -0.2) is 0 Å². The van der Waals surface area contributed by atoms with Crippen LogP contribution in [0.2, 0.25) is 0 Å². The largest absolute Gasteiger partial charge is 0.507 e. The fourth-order valence-electron chi connectivity index (χ4n) is 2.23. The molecule has 1 fully saturated rings. The molecule has 0 radical (unpaired) electrons. The maximum atomic E-state index is 11.3. The summed E-state index contributed by atoms with van der Waals surface area (Å²) in [6.45, 7) is -0.282. The minimum atomic E-state index is -0.949. The SMILES string of the molecule is O=C(O)C1(c2cccc(CO)c2O)CCC1. The van der Waals surface area contributed by atoms with Crippen LogP contribution >= 0.6 is 0 Å². The van der Waals surface area contributed by atoms with Crippen molar-refractivity contribution < 1.29 is 20.1 Å². The number of para-hydroxylation sites is 1. The third kappa shape index (κ3) is 1.38. The van der Waals surface area contributed by atoms with Crippen molar-refractivity contribution in [2.24, 2.45) is 0 Å². The first-order chi connectivity index (χ1) is 7.62. The van der Waals surface area contributed by atoms with Crippen molar-refractivity contribution in [3.8, 4) is 5.75 Å². The Bertz CT molecular complexity index is 421. The van der Waals surface area contributed by atoms with Gasteiger partial charge in [0, 0.05) is 11.1 Å². The van der Waals surface area contributed by atoms with Crippen LogP contribution in [0.3, 0.4) is 0 Å². The molecule has 0 aliphatic heterocycles. The average molecular weight is 222 g/mol. The number of hydrogen-bond donors (Lipinski definition) is 3. The van der Waals surface area contributed by atoms with Crippen molar-refractivity contribution in [1.29, 1.82) is 0 Å². The molecular weight excluding hydrogens is 208 g/mol. The molecule has 0 unspecified atom stereocenters. The maximum Gasteiger partial charge on any atom is 0.314 e. The Balaban J connectivity index is 2.51. The highest BCUT2D eigenvalue weighted by molar-refractivity contribution is 5.83. The summed E-state index contributed by atoms with van der Waals surface area (Å²) in [5.74, 6) is -0.976. The number of aliphatic hydroxyl groups excluding tert-OH is 1. The number of carboxylic acid groups (broad SMARTS) is 1. The number of benzene rings is 1. The van der Waals surface area contributed by atoms with Crippen LogP contribution in [0.1, 0.15) is 30.4 Å². The fourth-order valence-corrected chi connectivity index (χ4v) is 2.23. The number of aliphatic hydroxyl groups is 1. The molecule has 1 saturated carbocycles. The predicted molar refractivity (Wildman–Crippen MR) is 57.2 cm³/mol. The second-order valence-electron chi connectivity index (χ2n) is 4.21. The first-order valence-corrected chi connectivity index (χ1v) is 5.27. The minimum Gasteiger partial charge on any atom is -0.507 e. The van der Waals surface area contributed by atoms with E-state index in [0.717, 1.165) is 6.42 Å². The molecule has 1 aromatic rings. The molecule has 0 bridgehead atoms. The van der Waals surface area contributed by atoms with E-state index in [-0.39, 0.29) is 12.4 Å². The molecule has 16 heavy (non-hydrogen) atoms. The summed E-state index contributed by atoms with van der Waals surface area (Å²) >= 11 is 0. The highest BCUT2D eigenvalue weighted by Gasteiger charge is 2.47. The summed E-state index contributed by atoms with van der Waals surface area (Å²) in [5.41, 5.74) is -0.141. The van der Waals surface area contributed by atoms with E-state index in [9.17, 15) is 15.0 Å². The van der Waals surface area contributed by atoms with Gasteiger partial charge in [-0.3, -0.25) is 4.79 Å². The molecule has 4 heteroatoms. The molecule has 1 aliphatic carbocycles. The van der Waals surface area contributed by atoms with Crippen LogP contribution in [-0.4, -0.2) is 21.3 Å². The van der Waals surface area contributed by atoms with Crippen molar-refractivity contribution in [2.75, 3.05) is 0 Å². The lowest BCUT2D eigenvalue weighted by Gasteiger charge is -2.38. The van der Waals surface area contributed by atoms with E-state index in [0.29, 0.717) is 24.0 Å². The Hall–Kier alpha value is -1.55. The molecule has 0 atom stereocenters. The molecule has 0 aromatic heterocycles. The molecule has 4 nitrogen and oxygen atoms in total. The maximum absolute atomic E-state index is 11.3. The lowest BCUT2D eigenvalue weighted by atomic mass is 9.64. The zero-order valence-electron chi connectivity index (χ0n) is 8.81. The van der Waals surface area contributed by atoms with Crippen LogP contribution in [-0.2, 0) is 16.8 Å². The van der Waals surface area contributed by atoms with Crippen LogP contribution in [0.4, 0.5) is 0 Å². The molecule has 0 spiro atoms. The van der Waals surface area contributed by atoms with E-state index in [1.54, 1.807) is 18.2 Å². The number of rotatable bonds is 3. The molecule has 1 aliphatic rings. The van der Waals surface area contributed by atoms with Crippen LogP contribution in [0, 0.1) is 0 Å². The van der Waals surface area contributed by atoms with Gasteiger partial charge < -0.3 is 15.3 Å². The number of carbonyl (C=O) groups is 1. The van der Waals surface area contributed by atoms with Crippen LogP contribution in [0.15, 0.2) is 18.2 Å². The Morgan fingerprint density at radius 2 is 2.06 bits per heavy atom. The monoisotopic (exact) mass is 222 g/mol. The van der Waals surface area contributed by atoms with Gasteiger partial charge in [-0.1, -0.05) is 24.6 Å². The summed E-state index contributed by atoms with van der Waals surface area (Å²) < 4.78 is 0. The van der Waals surface area contributed by atoms with E-state index in [1.807, 2.05) is 0 Å². The molecular formula is C12H14O4. The molecule has 0 saturated heterocycles. The summed E-state index contributed by atoms with van der Waals surface area (Å²) in [6, 6.07) is 4.89. The summed E-state index contributed by atoms with van der Waals surface area (Å²) in [4.78, 5) is 11.3. The lowest BCUT2D eigenvalue weighted by Crippen LogP contribution is -2.42. The van der Waals surface area contributed by atoms with E-state index >= 15 is 0 Å². The van der Waals surface area contributed by atoms with Crippen molar-refractivity contribution in [2.45, 2.75) is 31.3 Å². The smallest absolute Gasteiger partial charge is 0.314 e. The molecule has 1 aromatic carbocycles. The number of phenols is 1. The summed E-state index contributed by atoms with van der Waals surface area (Å²) in [6.07, 6.45) is 1.95. The molecule has 86 valence electrons. The van der Waals surface area contributed by atoms with Gasteiger partial charge in [0.1, 0.15) is 5.75 Å². The molecule has 3 N–H and O–H groups in total. The molecule has 0 heterocycles. The van der Waals surface area contributed by atoms with Crippen molar-refractivity contribution >= 4 is 5.97 Å². The van der Waals surface area contributed by atoms with Crippen LogP contribution in [0.25, 0.3) is 0 Å². The predicted octanol–water partition coefficient (Wildman–Crippen LogP) is 1.39. The number of carboxylic acids is 1. The van der Waals surface area contributed by atoms with E-state index in [1.165, 1.54) is 0 Å². The van der Waals surface area contributed by atoms with Crippen LogP contribution in [0.5, 0.6) is 5.75 Å². The third-order valence-corrected chi connectivity index (χ3v) is 3.42. The van der Waals surface area contributed by atoms with Gasteiger partial charge in [-0.2, -0.15) is 0 Å². The Kier molecular flexibility index (Phi) is 2.59. The van der Waals surface area contributed by atoms with Crippen molar-refractivity contribution in [1.82, 2.24) is 0 Å². The van der Waals surface area contributed by atoms with Crippen molar-refractivity contribution in [3.63, 3.8) is 0 Å². The minimum absolute atomic E-state index is 0.0768.